The smallest absolute Gasteiger partial charge is 0.335 e. The Bertz CT molecular complexity index is 1270. The molecule has 3 aromatic rings. The Morgan fingerprint density at radius 1 is 1.03 bits per heavy atom. The van der Waals surface area contributed by atoms with Gasteiger partial charge in [0, 0.05) is 12.3 Å². The third-order valence-electron chi connectivity index (χ3n) is 7.06. The van der Waals surface area contributed by atoms with Crippen LogP contribution in [0.25, 0.3) is 11.3 Å². The summed E-state index contributed by atoms with van der Waals surface area (Å²) in [6.45, 7) is 5.61. The summed E-state index contributed by atoms with van der Waals surface area (Å²) in [7, 11) is 0. The van der Waals surface area contributed by atoms with Crippen molar-refractivity contribution >= 4 is 17.8 Å². The Labute approximate surface area is 229 Å². The van der Waals surface area contributed by atoms with Crippen LogP contribution in [-0.2, 0) is 20.7 Å². The van der Waals surface area contributed by atoms with Gasteiger partial charge in [-0.15, -0.1) is 0 Å². The number of H-pyrrole nitrogens is 1. The molecule has 1 saturated carbocycles. The molecule has 1 amide bonds. The maximum atomic E-state index is 13.4. The maximum absolute atomic E-state index is 13.4. The maximum Gasteiger partial charge on any atom is 0.335 e. The van der Waals surface area contributed by atoms with Gasteiger partial charge in [0.05, 0.1) is 23.5 Å². The monoisotopic (exact) mass is 531 g/mol. The number of carboxylic acid groups (broad SMARTS) is 1. The molecule has 1 heterocycles. The van der Waals surface area contributed by atoms with Crippen LogP contribution in [0.4, 0.5) is 0 Å². The third kappa shape index (κ3) is 8.02. The number of hydrogen-bond acceptors (Lipinski definition) is 5. The van der Waals surface area contributed by atoms with E-state index < -0.39 is 11.6 Å². The van der Waals surface area contributed by atoms with Gasteiger partial charge in [-0.1, -0.05) is 42.5 Å². The molecule has 1 aromatic heterocycles. The number of hydrogen-bond donors (Lipinski definition) is 3. The Morgan fingerprint density at radius 2 is 1.69 bits per heavy atom. The van der Waals surface area contributed by atoms with Crippen LogP contribution in [0.2, 0.25) is 0 Å². The Morgan fingerprint density at radius 3 is 2.31 bits per heavy atom. The molecule has 1 fully saturated rings. The lowest BCUT2D eigenvalue weighted by atomic mass is 9.80. The molecule has 0 saturated heterocycles. The summed E-state index contributed by atoms with van der Waals surface area (Å²) < 4.78 is 5.47. The quantitative estimate of drug-likeness (QED) is 0.304. The first-order valence-electron chi connectivity index (χ1n) is 13.5. The van der Waals surface area contributed by atoms with Crippen LogP contribution >= 0.6 is 0 Å². The lowest BCUT2D eigenvalue weighted by Crippen LogP contribution is -2.37. The highest BCUT2D eigenvalue weighted by Gasteiger charge is 2.30. The normalized spacial score (nSPS) is 18.2. The van der Waals surface area contributed by atoms with Crippen molar-refractivity contribution in [2.24, 2.45) is 11.8 Å². The molecule has 3 N–H and O–H groups in total. The van der Waals surface area contributed by atoms with Crippen LogP contribution in [0.1, 0.15) is 80.7 Å². The highest BCUT2D eigenvalue weighted by Crippen LogP contribution is 2.32. The number of aromatic nitrogens is 2. The third-order valence-corrected chi connectivity index (χ3v) is 7.06. The van der Waals surface area contributed by atoms with Gasteiger partial charge in [-0.05, 0) is 82.1 Å². The molecule has 0 spiro atoms. The summed E-state index contributed by atoms with van der Waals surface area (Å²) in [6, 6.07) is 16.2. The summed E-state index contributed by atoms with van der Waals surface area (Å²) in [4.78, 5) is 44.7. The van der Waals surface area contributed by atoms with Crippen molar-refractivity contribution in [1.82, 2.24) is 15.3 Å². The van der Waals surface area contributed by atoms with Gasteiger partial charge in [0.25, 0.3) is 0 Å². The first kappa shape index (κ1) is 28.1. The number of carboxylic acids is 1. The fourth-order valence-electron chi connectivity index (χ4n) is 5.06. The van der Waals surface area contributed by atoms with Gasteiger partial charge in [0.2, 0.25) is 5.91 Å². The average molecular weight is 532 g/mol. The largest absolute Gasteiger partial charge is 0.478 e. The second-order valence-corrected chi connectivity index (χ2v) is 11.3. The topological polar surface area (TPSA) is 121 Å². The van der Waals surface area contributed by atoms with Crippen LogP contribution in [0.15, 0.2) is 60.8 Å². The molecular formula is C31H37N3O5. The van der Waals surface area contributed by atoms with Gasteiger partial charge in [-0.2, -0.15) is 0 Å². The van der Waals surface area contributed by atoms with Gasteiger partial charge in [-0.25, -0.2) is 9.78 Å². The first-order valence-corrected chi connectivity index (χ1v) is 13.5. The molecule has 0 bridgehead atoms. The number of rotatable bonds is 9. The number of aromatic amines is 1. The van der Waals surface area contributed by atoms with Crippen LogP contribution in [0, 0.1) is 11.8 Å². The predicted molar refractivity (Wildman–Crippen MR) is 148 cm³/mol. The standard InChI is InChI=1S/C31H37N3O5/c1-31(2,3)39-27(35)18-21-9-11-23(12-10-21)29(36)34-25(17-20-7-5-4-6-8-20)28-32-19-26(33-28)22-13-15-24(16-14-22)30(37)38/h4-8,13-16,19,21,23,25H,9-12,17-18H2,1-3H3,(H,32,33)(H,34,36)(H,37,38)/t21?,23?,25-/m0/s1. The molecular weight excluding hydrogens is 494 g/mol. The number of carbonyl (C=O) groups excluding carboxylic acids is 2. The lowest BCUT2D eigenvalue weighted by molar-refractivity contribution is -0.156. The fraction of sp³-hybridized carbons (Fsp3) is 0.419. The summed E-state index contributed by atoms with van der Waals surface area (Å²) in [5.41, 5.74) is 2.36. The molecule has 1 atom stereocenters. The first-order chi connectivity index (χ1) is 18.6. The number of carbonyl (C=O) groups is 3. The summed E-state index contributed by atoms with van der Waals surface area (Å²) >= 11 is 0. The van der Waals surface area contributed by atoms with Crippen molar-refractivity contribution in [2.45, 2.75) is 70.9 Å². The van der Waals surface area contributed by atoms with E-state index in [-0.39, 0.29) is 35.3 Å². The highest BCUT2D eigenvalue weighted by atomic mass is 16.6. The zero-order chi connectivity index (χ0) is 28.0. The molecule has 1 aliphatic rings. The molecule has 2 aromatic carbocycles. The molecule has 0 radical (unpaired) electrons. The van der Waals surface area contributed by atoms with E-state index in [1.54, 1.807) is 30.5 Å². The van der Waals surface area contributed by atoms with E-state index in [4.69, 9.17) is 9.84 Å². The second kappa shape index (κ2) is 12.3. The van der Waals surface area contributed by atoms with Crippen molar-refractivity contribution in [1.29, 1.82) is 0 Å². The van der Waals surface area contributed by atoms with Crippen molar-refractivity contribution in [3.63, 3.8) is 0 Å². The lowest BCUT2D eigenvalue weighted by Gasteiger charge is -2.29. The number of benzene rings is 2. The minimum Gasteiger partial charge on any atom is -0.478 e. The van der Waals surface area contributed by atoms with Crippen molar-refractivity contribution in [3.05, 3.63) is 77.7 Å². The van der Waals surface area contributed by atoms with E-state index in [0.29, 0.717) is 18.7 Å². The van der Waals surface area contributed by atoms with Crippen molar-refractivity contribution < 1.29 is 24.2 Å². The second-order valence-electron chi connectivity index (χ2n) is 11.3. The molecule has 8 heteroatoms. The fourth-order valence-corrected chi connectivity index (χ4v) is 5.06. The van der Waals surface area contributed by atoms with E-state index >= 15 is 0 Å². The minimum absolute atomic E-state index is 0.00425. The SMILES string of the molecule is CC(C)(C)OC(=O)CC1CCC(C(=O)N[C@@H](Cc2ccccc2)c2ncc(-c3ccc(C(=O)O)cc3)[nH]2)CC1. The van der Waals surface area contributed by atoms with E-state index in [1.807, 2.05) is 51.1 Å². The minimum atomic E-state index is -0.976. The van der Waals surface area contributed by atoms with Gasteiger partial charge in [-0.3, -0.25) is 9.59 Å². The predicted octanol–water partition coefficient (Wildman–Crippen LogP) is 5.71. The molecule has 206 valence electrons. The Kier molecular flexibility index (Phi) is 8.84. The number of aromatic carboxylic acids is 1. The zero-order valence-corrected chi connectivity index (χ0v) is 22.8. The van der Waals surface area contributed by atoms with Crippen molar-refractivity contribution in [2.75, 3.05) is 0 Å². The number of nitrogens with zero attached hydrogens (tertiary/aromatic N) is 1. The summed E-state index contributed by atoms with van der Waals surface area (Å²) in [5.74, 6) is -0.389. The zero-order valence-electron chi connectivity index (χ0n) is 22.8. The summed E-state index contributed by atoms with van der Waals surface area (Å²) in [6.07, 6.45) is 5.77. The number of nitrogens with one attached hydrogen (secondary N) is 2. The molecule has 0 aliphatic heterocycles. The van der Waals surface area contributed by atoms with Crippen LogP contribution in [0.3, 0.4) is 0 Å². The van der Waals surface area contributed by atoms with Gasteiger partial charge >= 0.3 is 11.9 Å². The molecule has 4 rings (SSSR count). The summed E-state index contributed by atoms with van der Waals surface area (Å²) in [5, 5.41) is 12.4. The number of imidazole rings is 1. The van der Waals surface area contributed by atoms with Crippen molar-refractivity contribution in [3.8, 4) is 11.3 Å². The Balaban J connectivity index is 1.42. The van der Waals surface area contributed by atoms with E-state index in [0.717, 1.165) is 42.5 Å². The van der Waals surface area contributed by atoms with Crippen LogP contribution < -0.4 is 5.32 Å². The Hall–Kier alpha value is -3.94. The molecule has 1 aliphatic carbocycles. The molecule has 0 unspecified atom stereocenters. The average Bonchev–Trinajstić information content (AvgIpc) is 3.38. The van der Waals surface area contributed by atoms with Gasteiger partial charge in [0.15, 0.2) is 0 Å². The number of ether oxygens (including phenoxy) is 1. The van der Waals surface area contributed by atoms with Gasteiger partial charge in [0.1, 0.15) is 11.4 Å². The van der Waals surface area contributed by atoms with Crippen LogP contribution in [-0.4, -0.2) is 38.5 Å². The molecule has 39 heavy (non-hydrogen) atoms. The highest BCUT2D eigenvalue weighted by molar-refractivity contribution is 5.88. The molecule has 8 nitrogen and oxygen atoms in total. The van der Waals surface area contributed by atoms with E-state index in [9.17, 15) is 14.4 Å². The van der Waals surface area contributed by atoms with Gasteiger partial charge < -0.3 is 20.1 Å². The van der Waals surface area contributed by atoms with E-state index in [1.165, 1.54) is 0 Å². The van der Waals surface area contributed by atoms with Crippen LogP contribution in [0.5, 0.6) is 0 Å². The number of amides is 1. The van der Waals surface area contributed by atoms with E-state index in [2.05, 4.69) is 15.3 Å². The number of esters is 1.